The third-order valence-corrected chi connectivity index (χ3v) is 4.40. The van der Waals surface area contributed by atoms with E-state index in [2.05, 4.69) is 4.98 Å². The van der Waals surface area contributed by atoms with E-state index in [9.17, 15) is 9.59 Å². The van der Waals surface area contributed by atoms with Crippen LogP contribution in [0.1, 0.15) is 28.5 Å². The SMILES string of the molecule is CCN1C(=O)C(=O)c2c(C=Cc3ccc4ccccc4n3)cccc21. The second-order valence-electron chi connectivity index (χ2n) is 5.88. The normalized spacial score (nSPS) is 13.9. The molecule has 122 valence electrons. The van der Waals surface area contributed by atoms with E-state index in [4.69, 9.17) is 0 Å². The third kappa shape index (κ3) is 2.52. The second kappa shape index (κ2) is 5.98. The number of hydrogen-bond acceptors (Lipinski definition) is 3. The molecule has 1 aliphatic rings. The van der Waals surface area contributed by atoms with Crippen LogP contribution in [0.15, 0.2) is 54.6 Å². The molecule has 0 unspecified atom stereocenters. The van der Waals surface area contributed by atoms with Crippen molar-refractivity contribution in [2.75, 3.05) is 11.4 Å². The minimum atomic E-state index is -0.456. The number of aromatic nitrogens is 1. The number of para-hydroxylation sites is 1. The number of Topliss-reactive ketones (excluding diaryl/α,β-unsaturated/α-hetero) is 1. The number of carbonyl (C=O) groups is 2. The zero-order valence-electron chi connectivity index (χ0n) is 13.8. The molecule has 0 saturated carbocycles. The molecule has 0 bridgehead atoms. The van der Waals surface area contributed by atoms with Crippen molar-refractivity contribution in [1.82, 2.24) is 4.98 Å². The summed E-state index contributed by atoms with van der Waals surface area (Å²) in [5, 5.41) is 1.08. The lowest BCUT2D eigenvalue weighted by molar-refractivity contribution is -0.114. The van der Waals surface area contributed by atoms with Gasteiger partial charge >= 0.3 is 0 Å². The molecule has 4 heteroatoms. The number of amides is 1. The molecule has 1 aliphatic heterocycles. The number of hydrogen-bond donors (Lipinski definition) is 0. The molecule has 0 N–H and O–H groups in total. The largest absolute Gasteiger partial charge is 0.305 e. The van der Waals surface area contributed by atoms with Crippen molar-refractivity contribution in [3.63, 3.8) is 0 Å². The van der Waals surface area contributed by atoms with Gasteiger partial charge in [0.2, 0.25) is 0 Å². The molecule has 0 spiro atoms. The van der Waals surface area contributed by atoms with Crippen LogP contribution in [-0.4, -0.2) is 23.2 Å². The molecule has 1 aromatic heterocycles. The van der Waals surface area contributed by atoms with Gasteiger partial charge in [0.15, 0.2) is 0 Å². The van der Waals surface area contributed by atoms with E-state index in [1.165, 1.54) is 4.90 Å². The predicted molar refractivity (Wildman–Crippen MR) is 99.5 cm³/mol. The molecule has 25 heavy (non-hydrogen) atoms. The summed E-state index contributed by atoms with van der Waals surface area (Å²) < 4.78 is 0. The van der Waals surface area contributed by atoms with Crippen molar-refractivity contribution in [2.24, 2.45) is 0 Å². The summed E-state index contributed by atoms with van der Waals surface area (Å²) >= 11 is 0. The Bertz CT molecular complexity index is 1040. The van der Waals surface area contributed by atoms with E-state index >= 15 is 0 Å². The summed E-state index contributed by atoms with van der Waals surface area (Å²) in [6.07, 6.45) is 3.72. The highest BCUT2D eigenvalue weighted by atomic mass is 16.2. The first-order valence-corrected chi connectivity index (χ1v) is 8.22. The Hall–Kier alpha value is -3.27. The molecule has 0 atom stereocenters. The van der Waals surface area contributed by atoms with Gasteiger partial charge in [-0.15, -0.1) is 0 Å². The van der Waals surface area contributed by atoms with Crippen molar-refractivity contribution in [2.45, 2.75) is 6.92 Å². The van der Waals surface area contributed by atoms with Gasteiger partial charge in [0.1, 0.15) is 0 Å². The van der Waals surface area contributed by atoms with E-state index in [0.717, 1.165) is 22.2 Å². The zero-order valence-corrected chi connectivity index (χ0v) is 13.8. The number of carbonyl (C=O) groups excluding carboxylic acids is 2. The predicted octanol–water partition coefficient (Wildman–Crippen LogP) is 3.95. The monoisotopic (exact) mass is 328 g/mol. The number of benzene rings is 2. The lowest BCUT2D eigenvalue weighted by Gasteiger charge is -2.13. The standard InChI is InChI=1S/C21H16N2O2/c1-2-23-18-9-5-7-15(19(18)20(24)21(23)25)11-13-16-12-10-14-6-3-4-8-17(14)22-16/h3-13H,2H2,1H3. The first kappa shape index (κ1) is 15.3. The Morgan fingerprint density at radius 2 is 1.80 bits per heavy atom. The maximum atomic E-state index is 12.3. The van der Waals surface area contributed by atoms with E-state index in [1.807, 2.05) is 73.7 Å². The highest BCUT2D eigenvalue weighted by molar-refractivity contribution is 6.52. The van der Waals surface area contributed by atoms with Gasteiger partial charge in [-0.25, -0.2) is 4.98 Å². The summed E-state index contributed by atoms with van der Waals surface area (Å²) in [6.45, 7) is 2.35. The Kier molecular flexibility index (Phi) is 3.65. The fourth-order valence-electron chi connectivity index (χ4n) is 3.17. The second-order valence-corrected chi connectivity index (χ2v) is 5.88. The summed E-state index contributed by atoms with van der Waals surface area (Å²) in [5.41, 5.74) is 3.63. The molecule has 0 fully saturated rings. The summed E-state index contributed by atoms with van der Waals surface area (Å²) in [7, 11) is 0. The summed E-state index contributed by atoms with van der Waals surface area (Å²) in [5.74, 6) is -0.897. The minimum Gasteiger partial charge on any atom is -0.305 e. The third-order valence-electron chi connectivity index (χ3n) is 4.40. The minimum absolute atomic E-state index is 0.441. The Balaban J connectivity index is 1.74. The molecule has 0 saturated heterocycles. The molecule has 0 aliphatic carbocycles. The van der Waals surface area contributed by atoms with Gasteiger partial charge in [0.05, 0.1) is 22.5 Å². The van der Waals surface area contributed by atoms with Crippen LogP contribution < -0.4 is 4.90 Å². The maximum absolute atomic E-state index is 12.3. The Morgan fingerprint density at radius 1 is 0.960 bits per heavy atom. The van der Waals surface area contributed by atoms with Gasteiger partial charge < -0.3 is 4.90 Å². The van der Waals surface area contributed by atoms with Crippen molar-refractivity contribution < 1.29 is 9.59 Å². The molecule has 2 aromatic carbocycles. The average Bonchev–Trinajstić information content (AvgIpc) is 2.90. The number of rotatable bonds is 3. The number of ketones is 1. The fourth-order valence-corrected chi connectivity index (χ4v) is 3.17. The molecular weight excluding hydrogens is 312 g/mol. The molecule has 0 radical (unpaired) electrons. The number of anilines is 1. The van der Waals surface area contributed by atoms with Gasteiger partial charge in [0, 0.05) is 11.9 Å². The van der Waals surface area contributed by atoms with Gasteiger partial charge in [0.25, 0.3) is 11.7 Å². The Morgan fingerprint density at radius 3 is 2.64 bits per heavy atom. The van der Waals surface area contributed by atoms with E-state index in [0.29, 0.717) is 17.8 Å². The summed E-state index contributed by atoms with van der Waals surface area (Å²) in [6, 6.07) is 17.4. The van der Waals surface area contributed by atoms with Crippen LogP contribution in [0.3, 0.4) is 0 Å². The molecule has 4 nitrogen and oxygen atoms in total. The first-order chi connectivity index (χ1) is 12.2. The van der Waals surface area contributed by atoms with E-state index in [1.54, 1.807) is 0 Å². The molecule has 2 heterocycles. The lowest BCUT2D eigenvalue weighted by atomic mass is 10.0. The smallest absolute Gasteiger partial charge is 0.299 e. The topological polar surface area (TPSA) is 50.3 Å². The van der Waals surface area contributed by atoms with Crippen LogP contribution >= 0.6 is 0 Å². The van der Waals surface area contributed by atoms with Crippen LogP contribution in [0.4, 0.5) is 5.69 Å². The highest BCUT2D eigenvalue weighted by Gasteiger charge is 2.36. The van der Waals surface area contributed by atoms with Crippen molar-refractivity contribution in [3.05, 3.63) is 71.4 Å². The van der Waals surface area contributed by atoms with Crippen LogP contribution in [0, 0.1) is 0 Å². The molecule has 1 amide bonds. The maximum Gasteiger partial charge on any atom is 0.299 e. The van der Waals surface area contributed by atoms with Crippen LogP contribution in [0.5, 0.6) is 0 Å². The number of likely N-dealkylation sites (N-methyl/N-ethyl adjacent to an activating group) is 1. The molecule has 4 rings (SSSR count). The molecular formula is C21H16N2O2. The summed E-state index contributed by atoms with van der Waals surface area (Å²) in [4.78, 5) is 30.6. The van der Waals surface area contributed by atoms with Crippen LogP contribution in [0.25, 0.3) is 23.1 Å². The van der Waals surface area contributed by atoms with Crippen molar-refractivity contribution in [1.29, 1.82) is 0 Å². The first-order valence-electron chi connectivity index (χ1n) is 8.22. The lowest BCUT2D eigenvalue weighted by Crippen LogP contribution is -2.29. The zero-order chi connectivity index (χ0) is 17.4. The Labute approximate surface area is 145 Å². The van der Waals surface area contributed by atoms with E-state index in [-0.39, 0.29) is 0 Å². The van der Waals surface area contributed by atoms with Gasteiger partial charge in [-0.05, 0) is 36.8 Å². The van der Waals surface area contributed by atoms with E-state index < -0.39 is 11.7 Å². The number of fused-ring (bicyclic) bond motifs is 2. The van der Waals surface area contributed by atoms with Gasteiger partial charge in [-0.2, -0.15) is 0 Å². The van der Waals surface area contributed by atoms with Crippen LogP contribution in [-0.2, 0) is 4.79 Å². The fraction of sp³-hybridized carbons (Fsp3) is 0.0952. The van der Waals surface area contributed by atoms with Crippen molar-refractivity contribution >= 4 is 40.4 Å². The quantitative estimate of drug-likeness (QED) is 0.684. The number of pyridine rings is 1. The van der Waals surface area contributed by atoms with Crippen molar-refractivity contribution in [3.8, 4) is 0 Å². The average molecular weight is 328 g/mol. The molecule has 3 aromatic rings. The van der Waals surface area contributed by atoms with Gasteiger partial charge in [-0.1, -0.05) is 42.5 Å². The van der Waals surface area contributed by atoms with Crippen LogP contribution in [0.2, 0.25) is 0 Å². The highest BCUT2D eigenvalue weighted by Crippen LogP contribution is 2.32. The number of nitrogens with zero attached hydrogens (tertiary/aromatic N) is 2. The van der Waals surface area contributed by atoms with Gasteiger partial charge in [-0.3, -0.25) is 9.59 Å².